The van der Waals surface area contributed by atoms with Crippen LogP contribution >= 0.6 is 13.5 Å². The second-order valence-electron chi connectivity index (χ2n) is 12.5. The molecule has 0 bridgehead atoms. The summed E-state index contributed by atoms with van der Waals surface area (Å²) >= 11 is 4.97. The maximum Gasteiger partial charge on any atom is 1.00 e. The number of fused-ring (bicyclic) bond motifs is 2. The third kappa shape index (κ3) is 7.40. The number of allylic oxidation sites excluding steroid dienone is 2. The van der Waals surface area contributed by atoms with Crippen LogP contribution in [0.25, 0.3) is 12.2 Å². The first-order valence-electron chi connectivity index (χ1n) is 14.8. The summed E-state index contributed by atoms with van der Waals surface area (Å²) in [5.74, 6) is 0.223. The number of likely N-dealkylation sites (N-methyl/N-ethyl adjacent to an activating group) is 2. The van der Waals surface area contributed by atoms with Gasteiger partial charge in [0.1, 0.15) is 0 Å². The molecule has 4 aromatic carbocycles. The van der Waals surface area contributed by atoms with Crippen LogP contribution in [-0.2, 0) is 23.5 Å². The molecule has 11 heteroatoms. The third-order valence-corrected chi connectivity index (χ3v) is 9.40. The first kappa shape index (κ1) is 44.1. The summed E-state index contributed by atoms with van der Waals surface area (Å²) in [5.41, 5.74) is 5.00. The van der Waals surface area contributed by atoms with Gasteiger partial charge < -0.3 is 28.6 Å². The first-order chi connectivity index (χ1) is 20.7. The zero-order valence-corrected chi connectivity index (χ0v) is 34.6. The van der Waals surface area contributed by atoms with Crippen molar-refractivity contribution in [2.45, 2.75) is 70.6 Å². The summed E-state index contributed by atoms with van der Waals surface area (Å²) < 4.78 is 5.55. The molecule has 7 nitrogen and oxygen atoms in total. The zero-order chi connectivity index (χ0) is 32.1. The van der Waals surface area contributed by atoms with E-state index >= 15 is 0 Å². The molecule has 0 saturated carbocycles. The van der Waals surface area contributed by atoms with Crippen molar-refractivity contribution >= 4 is 49.7 Å². The van der Waals surface area contributed by atoms with Gasteiger partial charge in [-0.05, 0) is 41.8 Å². The van der Waals surface area contributed by atoms with Gasteiger partial charge in [0.2, 0.25) is 16.3 Å². The summed E-state index contributed by atoms with van der Waals surface area (Å²) in [6.45, 7) is 11.0. The van der Waals surface area contributed by atoms with Crippen molar-refractivity contribution in [1.82, 2.24) is 0 Å². The average Bonchev–Trinajstić information content (AvgIpc) is 3.34. The Hall–Kier alpha value is -1.95. The Balaban J connectivity index is 0.000000863. The van der Waals surface area contributed by atoms with Gasteiger partial charge in [-0.1, -0.05) is 84.9 Å². The molecule has 4 aromatic rings. The smallest absolute Gasteiger partial charge is 1.00 e. The minimum atomic E-state index is -0.539. The fourth-order valence-electron chi connectivity index (χ4n) is 6.29. The van der Waals surface area contributed by atoms with Gasteiger partial charge in [-0.2, -0.15) is 13.5 Å². The van der Waals surface area contributed by atoms with E-state index in [9.17, 15) is 19.2 Å². The summed E-state index contributed by atoms with van der Waals surface area (Å²) in [5, 5.41) is 0. The standard InChI is InChI=1S/C20H23NO3.C16H15NO2S.CH4.2Na.H2S.H/c1-5-6-11-24-19-13(17(22)18(19)23)12-16-20(2,3)14-9-7-8-10-15(14)21(16)4;1-16(2)10-6-4-5-7-11(10)17(3)12(16)8-9-13(18)14(19)15(9)20;;;;;/h7-10,12H,5-6,11H2,1-4H3;4-8,20H,1-3H3;1H4;;;1H2;/q;;;2*+1;;-1/p-1. The van der Waals surface area contributed by atoms with Crippen LogP contribution in [0.1, 0.15) is 78.6 Å². The molecule has 48 heavy (non-hydrogen) atoms. The number of anilines is 2. The van der Waals surface area contributed by atoms with Gasteiger partial charge in [0.05, 0.1) is 12.2 Å². The van der Waals surface area contributed by atoms with Crippen LogP contribution in [0, 0.1) is 0 Å². The molecule has 2 heterocycles. The molecular formula is C37H44N2Na2O5S2. The van der Waals surface area contributed by atoms with E-state index in [1.54, 1.807) is 6.08 Å². The molecule has 0 N–H and O–H groups in total. The minimum absolute atomic E-state index is 0. The van der Waals surface area contributed by atoms with Gasteiger partial charge >= 0.3 is 59.1 Å². The molecule has 0 aliphatic carbocycles. The van der Waals surface area contributed by atoms with E-state index in [0.717, 1.165) is 35.6 Å². The van der Waals surface area contributed by atoms with Crippen LogP contribution < -0.4 is 95.4 Å². The van der Waals surface area contributed by atoms with Crippen molar-refractivity contribution in [3.63, 3.8) is 0 Å². The number of ether oxygens (including phenoxy) is 1. The topological polar surface area (TPSA) is 84.0 Å². The fourth-order valence-corrected chi connectivity index (χ4v) is 6.54. The van der Waals surface area contributed by atoms with Gasteiger partial charge in [0, 0.05) is 53.3 Å². The molecule has 2 aliphatic heterocycles. The predicted octanol–water partition coefficient (Wildman–Crippen LogP) is 0.0563. The van der Waals surface area contributed by atoms with Crippen molar-refractivity contribution in [1.29, 1.82) is 0 Å². The summed E-state index contributed by atoms with van der Waals surface area (Å²) in [6.07, 6.45) is 5.44. The van der Waals surface area contributed by atoms with Crippen LogP contribution in [0.4, 0.5) is 11.4 Å². The molecule has 2 aliphatic rings. The average molecular weight is 707 g/mol. The van der Waals surface area contributed by atoms with Crippen LogP contribution in [-0.4, -0.2) is 20.7 Å². The maximum atomic E-state index is 12.0. The van der Waals surface area contributed by atoms with Crippen LogP contribution in [0.5, 0.6) is 5.75 Å². The molecule has 0 atom stereocenters. The van der Waals surface area contributed by atoms with Crippen LogP contribution in [0.3, 0.4) is 0 Å². The first-order valence-corrected chi connectivity index (χ1v) is 15.2. The van der Waals surface area contributed by atoms with Crippen molar-refractivity contribution in [2.75, 3.05) is 30.5 Å². The zero-order valence-electron chi connectivity index (χ0n) is 29.7. The largest absolute Gasteiger partial charge is 1.00 e. The Labute approximate surface area is 341 Å². The van der Waals surface area contributed by atoms with Crippen LogP contribution in [0.2, 0.25) is 0 Å². The van der Waals surface area contributed by atoms with E-state index in [0.29, 0.717) is 17.7 Å². The second-order valence-corrected chi connectivity index (χ2v) is 12.9. The SMILES string of the molecule is C.CCCCOc1c(C=C2N(C)c3ccccc3C2(C)C)c(=O)c1=O.CN1C(=Cc2c([S-])c(=O)c2=O)C(C)(C)c2ccccc21.S.[H-].[Na+].[Na+]. The Morgan fingerprint density at radius 2 is 1.15 bits per heavy atom. The third-order valence-electron chi connectivity index (χ3n) is 8.99. The fraction of sp³-hybridized carbons (Fsp3) is 0.351. The normalized spacial score (nSPS) is 16.6. The second kappa shape index (κ2) is 16.8. The van der Waals surface area contributed by atoms with Gasteiger partial charge in [-0.25, -0.2) is 0 Å². The minimum Gasteiger partial charge on any atom is -1.00 e. The molecule has 6 rings (SSSR count). The Bertz CT molecular complexity index is 1990. The molecule has 0 amide bonds. The summed E-state index contributed by atoms with van der Waals surface area (Å²) in [4.78, 5) is 51.0. The molecule has 0 radical (unpaired) electrons. The van der Waals surface area contributed by atoms with Gasteiger partial charge in [0.15, 0.2) is 5.75 Å². The van der Waals surface area contributed by atoms with Crippen molar-refractivity contribution in [3.8, 4) is 5.75 Å². The number of unbranched alkanes of at least 4 members (excludes halogenated alkanes) is 1. The number of hydrogen-bond donors (Lipinski definition) is 0. The van der Waals surface area contributed by atoms with Crippen LogP contribution in [0.15, 0.2) is 84.0 Å². The Morgan fingerprint density at radius 1 is 0.729 bits per heavy atom. The maximum absolute atomic E-state index is 12.0. The van der Waals surface area contributed by atoms with Crippen molar-refractivity contribution in [3.05, 3.63) is 123 Å². The number of rotatable bonds is 6. The van der Waals surface area contributed by atoms with Gasteiger partial charge in [0.25, 0.3) is 5.43 Å². The number of benzene rings is 2. The molecular weight excluding hydrogens is 663 g/mol. The molecule has 246 valence electrons. The van der Waals surface area contributed by atoms with E-state index in [1.807, 2.05) is 44.4 Å². The Kier molecular flexibility index (Phi) is 15.5. The monoisotopic (exact) mass is 706 g/mol. The quantitative estimate of drug-likeness (QED) is 0.121. The predicted molar refractivity (Wildman–Crippen MR) is 199 cm³/mol. The van der Waals surface area contributed by atoms with Crippen molar-refractivity contribution in [2.24, 2.45) is 0 Å². The Morgan fingerprint density at radius 3 is 1.56 bits per heavy atom. The molecule has 0 fully saturated rings. The number of hydrogen-bond acceptors (Lipinski definition) is 8. The number of nitrogens with zero attached hydrogens (tertiary/aromatic N) is 2. The van der Waals surface area contributed by atoms with E-state index in [4.69, 9.17) is 17.4 Å². The molecule has 0 spiro atoms. The van der Waals surface area contributed by atoms with E-state index in [2.05, 4.69) is 68.7 Å². The van der Waals surface area contributed by atoms with E-state index in [-0.39, 0.29) is 103 Å². The molecule has 0 unspecified atom stereocenters. The molecule has 0 saturated heterocycles. The summed E-state index contributed by atoms with van der Waals surface area (Å²) in [7, 11) is 3.95. The summed E-state index contributed by atoms with van der Waals surface area (Å²) in [6, 6.07) is 16.3. The van der Waals surface area contributed by atoms with E-state index < -0.39 is 21.7 Å². The number of para-hydroxylation sites is 2. The molecule has 0 aromatic heterocycles. The van der Waals surface area contributed by atoms with Gasteiger partial charge in [-0.3, -0.25) is 19.2 Å². The van der Waals surface area contributed by atoms with Crippen molar-refractivity contribution < 1.29 is 65.3 Å². The van der Waals surface area contributed by atoms with Gasteiger partial charge in [-0.15, -0.1) is 4.90 Å². The van der Waals surface area contributed by atoms with E-state index in [1.165, 1.54) is 11.1 Å².